The fraction of sp³-hybridized carbons (Fsp3) is 0. The van der Waals surface area contributed by atoms with Crippen molar-refractivity contribution >= 4 is 34.7 Å². The number of furan rings is 1. The Morgan fingerprint density at radius 2 is 2.00 bits per heavy atom. The van der Waals surface area contributed by atoms with Gasteiger partial charge < -0.3 is 4.42 Å². The summed E-state index contributed by atoms with van der Waals surface area (Å²) in [4.78, 5) is 11.9. The Hall–Kier alpha value is -2.59. The first-order valence-electron chi connectivity index (χ1n) is 6.30. The van der Waals surface area contributed by atoms with Crippen molar-refractivity contribution in [1.29, 1.82) is 0 Å². The van der Waals surface area contributed by atoms with E-state index < -0.39 is 5.91 Å². The number of carbonyl (C=O) groups is 1. The lowest BCUT2D eigenvalue weighted by Gasteiger charge is -1.96. The second-order valence-electron chi connectivity index (χ2n) is 4.40. The highest BCUT2D eigenvalue weighted by Gasteiger charge is 2.10. The Bertz CT molecular complexity index is 791. The van der Waals surface area contributed by atoms with E-state index in [1.165, 1.54) is 6.21 Å². The summed E-state index contributed by atoms with van der Waals surface area (Å²) in [6.07, 6.45) is 1.52. The smallest absolute Gasteiger partial charge is 0.307 e. The highest BCUT2D eigenvalue weighted by atomic mass is 35.5. The molecule has 0 saturated heterocycles. The number of benzene rings is 2. The van der Waals surface area contributed by atoms with Crippen LogP contribution in [0.25, 0.3) is 11.0 Å². The van der Waals surface area contributed by atoms with Gasteiger partial charge in [0.15, 0.2) is 5.76 Å². The molecular weight excluding hydrogens is 288 g/mol. The van der Waals surface area contributed by atoms with Crippen LogP contribution in [0.4, 0.5) is 0 Å². The molecule has 1 N–H and O–H groups in total. The van der Waals surface area contributed by atoms with Crippen molar-refractivity contribution in [2.45, 2.75) is 0 Å². The summed E-state index contributed by atoms with van der Waals surface area (Å²) >= 11 is 5.86. The Labute approximate surface area is 126 Å². The molecule has 0 atom stereocenters. The molecule has 0 aliphatic carbocycles. The van der Waals surface area contributed by atoms with Gasteiger partial charge in [-0.15, -0.1) is 0 Å². The monoisotopic (exact) mass is 298 g/mol. The first kappa shape index (κ1) is 13.4. The molecule has 0 radical (unpaired) electrons. The largest absolute Gasteiger partial charge is 0.451 e. The van der Waals surface area contributed by atoms with Crippen LogP contribution in [0.2, 0.25) is 5.02 Å². The van der Waals surface area contributed by atoms with Gasteiger partial charge in [0.05, 0.1) is 6.21 Å². The van der Waals surface area contributed by atoms with E-state index >= 15 is 0 Å². The minimum Gasteiger partial charge on any atom is -0.451 e. The molecule has 0 aliphatic rings. The standard InChI is InChI=1S/C16H11ClN2O2/c17-13-6-3-4-11(8-13)10-18-19-16(20)15-9-12-5-1-2-7-14(12)21-15/h1-10H,(H,19,20)/b18-10+. The molecular formula is C16H11ClN2O2. The summed E-state index contributed by atoms with van der Waals surface area (Å²) in [7, 11) is 0. The second kappa shape index (κ2) is 5.81. The number of amides is 1. The van der Waals surface area contributed by atoms with Crippen LogP contribution in [0.3, 0.4) is 0 Å². The molecule has 3 rings (SSSR count). The maximum absolute atomic E-state index is 11.9. The zero-order valence-corrected chi connectivity index (χ0v) is 11.7. The van der Waals surface area contributed by atoms with Gasteiger partial charge in [-0.3, -0.25) is 4.79 Å². The summed E-state index contributed by atoms with van der Waals surface area (Å²) in [6.45, 7) is 0. The number of hydrogen-bond donors (Lipinski definition) is 1. The SMILES string of the molecule is O=C(N/N=C/c1cccc(Cl)c1)c1cc2ccccc2o1. The van der Waals surface area contributed by atoms with Gasteiger partial charge in [0.2, 0.25) is 0 Å². The molecule has 0 unspecified atom stereocenters. The molecule has 0 fully saturated rings. The van der Waals surface area contributed by atoms with Crippen LogP contribution in [-0.2, 0) is 0 Å². The Kier molecular flexibility index (Phi) is 3.71. The van der Waals surface area contributed by atoms with E-state index in [0.29, 0.717) is 10.6 Å². The molecule has 0 spiro atoms. The van der Waals surface area contributed by atoms with Gasteiger partial charge in [-0.1, -0.05) is 41.9 Å². The zero-order valence-electron chi connectivity index (χ0n) is 10.9. The highest BCUT2D eigenvalue weighted by molar-refractivity contribution is 6.30. The van der Waals surface area contributed by atoms with E-state index in [1.807, 2.05) is 30.3 Å². The minimum atomic E-state index is -0.399. The molecule has 1 amide bonds. The molecule has 1 aromatic heterocycles. The predicted molar refractivity (Wildman–Crippen MR) is 82.7 cm³/mol. The van der Waals surface area contributed by atoms with E-state index in [-0.39, 0.29) is 5.76 Å². The molecule has 3 aromatic rings. The van der Waals surface area contributed by atoms with Crippen molar-refractivity contribution in [3.8, 4) is 0 Å². The van der Waals surface area contributed by atoms with Gasteiger partial charge in [-0.25, -0.2) is 5.43 Å². The van der Waals surface area contributed by atoms with Crippen LogP contribution >= 0.6 is 11.6 Å². The van der Waals surface area contributed by atoms with Crippen molar-refractivity contribution in [1.82, 2.24) is 5.43 Å². The fourth-order valence-corrected chi connectivity index (χ4v) is 2.10. The van der Waals surface area contributed by atoms with E-state index in [1.54, 1.807) is 24.3 Å². The zero-order chi connectivity index (χ0) is 14.7. The normalized spacial score (nSPS) is 11.1. The third kappa shape index (κ3) is 3.12. The number of nitrogens with zero attached hydrogens (tertiary/aromatic N) is 1. The van der Waals surface area contributed by atoms with Crippen molar-refractivity contribution in [3.05, 3.63) is 70.9 Å². The number of hydrogen-bond acceptors (Lipinski definition) is 3. The average Bonchev–Trinajstić information content (AvgIpc) is 2.91. The van der Waals surface area contributed by atoms with Gasteiger partial charge in [-0.2, -0.15) is 5.10 Å². The Morgan fingerprint density at radius 3 is 2.81 bits per heavy atom. The molecule has 5 heteroatoms. The summed E-state index contributed by atoms with van der Waals surface area (Å²) in [5.41, 5.74) is 3.89. The third-order valence-electron chi connectivity index (χ3n) is 2.88. The van der Waals surface area contributed by atoms with Crippen LogP contribution in [0.5, 0.6) is 0 Å². The van der Waals surface area contributed by atoms with Crippen molar-refractivity contribution in [3.63, 3.8) is 0 Å². The molecule has 2 aromatic carbocycles. The van der Waals surface area contributed by atoms with Crippen LogP contribution in [0.15, 0.2) is 64.1 Å². The Balaban J connectivity index is 1.71. The molecule has 0 aliphatic heterocycles. The summed E-state index contributed by atoms with van der Waals surface area (Å²) in [5.74, 6) is -0.177. The van der Waals surface area contributed by atoms with E-state index in [2.05, 4.69) is 10.5 Å². The predicted octanol–water partition coefficient (Wildman–Crippen LogP) is 3.85. The van der Waals surface area contributed by atoms with Crippen molar-refractivity contribution in [2.75, 3.05) is 0 Å². The van der Waals surface area contributed by atoms with Crippen molar-refractivity contribution < 1.29 is 9.21 Å². The number of hydrazone groups is 1. The summed E-state index contributed by atoms with van der Waals surface area (Å²) in [5, 5.41) is 5.38. The van der Waals surface area contributed by atoms with Crippen LogP contribution in [-0.4, -0.2) is 12.1 Å². The third-order valence-corrected chi connectivity index (χ3v) is 3.11. The van der Waals surface area contributed by atoms with Crippen molar-refractivity contribution in [2.24, 2.45) is 5.10 Å². The van der Waals surface area contributed by atoms with E-state index in [0.717, 1.165) is 10.9 Å². The van der Waals surface area contributed by atoms with Gasteiger partial charge >= 0.3 is 5.91 Å². The number of nitrogens with one attached hydrogen (secondary N) is 1. The number of fused-ring (bicyclic) bond motifs is 1. The summed E-state index contributed by atoms with van der Waals surface area (Å²) < 4.78 is 5.44. The van der Waals surface area contributed by atoms with E-state index in [9.17, 15) is 4.79 Å². The number of carbonyl (C=O) groups excluding carboxylic acids is 1. The average molecular weight is 299 g/mol. The molecule has 4 nitrogen and oxygen atoms in total. The first-order valence-corrected chi connectivity index (χ1v) is 6.68. The second-order valence-corrected chi connectivity index (χ2v) is 4.84. The topological polar surface area (TPSA) is 54.6 Å². The molecule has 21 heavy (non-hydrogen) atoms. The highest BCUT2D eigenvalue weighted by Crippen LogP contribution is 2.18. The number of para-hydroxylation sites is 1. The first-order chi connectivity index (χ1) is 10.2. The van der Waals surface area contributed by atoms with Gasteiger partial charge in [0.1, 0.15) is 5.58 Å². The van der Waals surface area contributed by atoms with Crippen LogP contribution < -0.4 is 5.43 Å². The Morgan fingerprint density at radius 1 is 1.14 bits per heavy atom. The minimum absolute atomic E-state index is 0.222. The van der Waals surface area contributed by atoms with E-state index in [4.69, 9.17) is 16.0 Å². The quantitative estimate of drug-likeness (QED) is 0.590. The number of halogens is 1. The lowest BCUT2D eigenvalue weighted by atomic mass is 10.2. The maximum Gasteiger partial charge on any atom is 0.307 e. The fourth-order valence-electron chi connectivity index (χ4n) is 1.90. The lowest BCUT2D eigenvalue weighted by molar-refractivity contribution is 0.0929. The van der Waals surface area contributed by atoms with Crippen LogP contribution in [0, 0.1) is 0 Å². The summed E-state index contributed by atoms with van der Waals surface area (Å²) in [6, 6.07) is 16.3. The van der Waals surface area contributed by atoms with Gasteiger partial charge in [0, 0.05) is 10.4 Å². The number of rotatable bonds is 3. The van der Waals surface area contributed by atoms with Crippen LogP contribution in [0.1, 0.15) is 16.1 Å². The van der Waals surface area contributed by atoms with Gasteiger partial charge in [-0.05, 0) is 29.8 Å². The maximum atomic E-state index is 11.9. The molecule has 0 bridgehead atoms. The van der Waals surface area contributed by atoms with Gasteiger partial charge in [0.25, 0.3) is 0 Å². The molecule has 1 heterocycles. The molecule has 104 valence electrons. The molecule has 0 saturated carbocycles. The lowest BCUT2D eigenvalue weighted by Crippen LogP contribution is -2.16.